The van der Waals surface area contributed by atoms with E-state index in [9.17, 15) is 9.90 Å². The van der Waals surface area contributed by atoms with Gasteiger partial charge in [0.25, 0.3) is 0 Å². The Morgan fingerprint density at radius 1 is 1.48 bits per heavy atom. The monoisotopic (exact) mass is 307 g/mol. The van der Waals surface area contributed by atoms with E-state index in [4.69, 9.17) is 11.6 Å². The molecule has 0 spiro atoms. The van der Waals surface area contributed by atoms with E-state index in [2.05, 4.69) is 10.3 Å². The SMILES string of the molecule is Cn1c(NC(=O)CC2(O)CCCC2)nc2cc(Cl)ccc21. The lowest BCUT2D eigenvalue weighted by atomic mass is 9.98. The molecular formula is C15H18ClN3O2. The predicted molar refractivity (Wildman–Crippen MR) is 82.4 cm³/mol. The highest BCUT2D eigenvalue weighted by atomic mass is 35.5. The number of aromatic nitrogens is 2. The van der Waals surface area contributed by atoms with E-state index in [1.807, 2.05) is 17.7 Å². The second-order valence-corrected chi connectivity index (χ2v) is 6.22. The van der Waals surface area contributed by atoms with Crippen LogP contribution in [0.1, 0.15) is 32.1 Å². The van der Waals surface area contributed by atoms with Crippen LogP contribution in [0.2, 0.25) is 5.02 Å². The van der Waals surface area contributed by atoms with E-state index >= 15 is 0 Å². The molecule has 0 aliphatic heterocycles. The highest BCUT2D eigenvalue weighted by Gasteiger charge is 2.33. The maximum Gasteiger partial charge on any atom is 0.229 e. The van der Waals surface area contributed by atoms with Gasteiger partial charge in [0.05, 0.1) is 23.1 Å². The van der Waals surface area contributed by atoms with Crippen LogP contribution in [-0.2, 0) is 11.8 Å². The summed E-state index contributed by atoms with van der Waals surface area (Å²) in [6.45, 7) is 0. The minimum atomic E-state index is -0.849. The van der Waals surface area contributed by atoms with Crippen molar-refractivity contribution in [1.29, 1.82) is 0 Å². The first kappa shape index (κ1) is 14.4. The Morgan fingerprint density at radius 3 is 2.90 bits per heavy atom. The number of aliphatic hydroxyl groups is 1. The molecule has 0 bridgehead atoms. The number of aryl methyl sites for hydroxylation is 1. The first-order valence-corrected chi connectivity index (χ1v) is 7.49. The van der Waals surface area contributed by atoms with Gasteiger partial charge in [0.1, 0.15) is 0 Å². The normalized spacial score (nSPS) is 17.3. The number of nitrogens with one attached hydrogen (secondary N) is 1. The number of benzene rings is 1. The van der Waals surface area contributed by atoms with Crippen LogP contribution in [0.5, 0.6) is 0 Å². The van der Waals surface area contributed by atoms with Crippen molar-refractivity contribution in [3.8, 4) is 0 Å². The van der Waals surface area contributed by atoms with E-state index in [0.29, 0.717) is 23.8 Å². The van der Waals surface area contributed by atoms with E-state index < -0.39 is 5.60 Å². The van der Waals surface area contributed by atoms with Crippen LogP contribution >= 0.6 is 11.6 Å². The molecule has 1 aromatic carbocycles. The molecule has 1 aromatic heterocycles. The van der Waals surface area contributed by atoms with Crippen molar-refractivity contribution < 1.29 is 9.90 Å². The number of anilines is 1. The molecule has 1 fully saturated rings. The molecule has 0 saturated heterocycles. The van der Waals surface area contributed by atoms with Gasteiger partial charge in [0.15, 0.2) is 0 Å². The summed E-state index contributed by atoms with van der Waals surface area (Å²) in [6, 6.07) is 5.42. The molecule has 5 nitrogen and oxygen atoms in total. The second-order valence-electron chi connectivity index (χ2n) is 5.78. The van der Waals surface area contributed by atoms with Gasteiger partial charge in [-0.05, 0) is 31.0 Å². The summed E-state index contributed by atoms with van der Waals surface area (Å²) in [7, 11) is 1.84. The Labute approximate surface area is 127 Å². The molecule has 6 heteroatoms. The summed E-state index contributed by atoms with van der Waals surface area (Å²) >= 11 is 5.95. The van der Waals surface area contributed by atoms with Crippen molar-refractivity contribution in [2.45, 2.75) is 37.7 Å². The van der Waals surface area contributed by atoms with Crippen molar-refractivity contribution >= 4 is 34.5 Å². The topological polar surface area (TPSA) is 67.2 Å². The van der Waals surface area contributed by atoms with E-state index in [-0.39, 0.29) is 12.3 Å². The van der Waals surface area contributed by atoms with Gasteiger partial charge in [-0.2, -0.15) is 0 Å². The number of hydrogen-bond acceptors (Lipinski definition) is 3. The molecule has 3 rings (SSSR count). The molecule has 0 atom stereocenters. The van der Waals surface area contributed by atoms with E-state index in [0.717, 1.165) is 23.9 Å². The van der Waals surface area contributed by atoms with Crippen molar-refractivity contribution in [2.75, 3.05) is 5.32 Å². The fourth-order valence-electron chi connectivity index (χ4n) is 2.96. The molecule has 0 radical (unpaired) electrons. The minimum Gasteiger partial charge on any atom is -0.389 e. The Hall–Kier alpha value is -1.59. The summed E-state index contributed by atoms with van der Waals surface area (Å²) in [5, 5.41) is 13.7. The lowest BCUT2D eigenvalue weighted by Gasteiger charge is -2.20. The van der Waals surface area contributed by atoms with Crippen molar-refractivity contribution in [2.24, 2.45) is 7.05 Å². The molecule has 1 heterocycles. The average molecular weight is 308 g/mol. The molecule has 1 saturated carbocycles. The lowest BCUT2D eigenvalue weighted by Crippen LogP contribution is -2.31. The van der Waals surface area contributed by atoms with Gasteiger partial charge in [-0.3, -0.25) is 10.1 Å². The number of amides is 1. The number of halogens is 1. The lowest BCUT2D eigenvalue weighted by molar-refractivity contribution is -0.120. The number of carbonyl (C=O) groups excluding carboxylic acids is 1. The zero-order chi connectivity index (χ0) is 15.0. The Balaban J connectivity index is 1.78. The Bertz CT molecular complexity index is 690. The van der Waals surface area contributed by atoms with Gasteiger partial charge in [-0.15, -0.1) is 0 Å². The predicted octanol–water partition coefficient (Wildman–Crippen LogP) is 2.86. The number of nitrogens with zero attached hydrogens (tertiary/aromatic N) is 2. The average Bonchev–Trinajstić information content (AvgIpc) is 2.95. The third-order valence-electron chi connectivity index (χ3n) is 4.12. The summed E-state index contributed by atoms with van der Waals surface area (Å²) in [6.07, 6.45) is 3.47. The van der Waals surface area contributed by atoms with Crippen LogP contribution in [0.4, 0.5) is 5.95 Å². The fraction of sp³-hybridized carbons (Fsp3) is 0.467. The van der Waals surface area contributed by atoms with Gasteiger partial charge in [-0.1, -0.05) is 24.4 Å². The van der Waals surface area contributed by atoms with Crippen LogP contribution in [-0.4, -0.2) is 26.2 Å². The molecule has 2 aromatic rings. The third-order valence-corrected chi connectivity index (χ3v) is 4.35. The first-order valence-electron chi connectivity index (χ1n) is 7.11. The molecular weight excluding hydrogens is 290 g/mol. The standard InChI is InChI=1S/C15H18ClN3O2/c1-19-12-5-4-10(16)8-11(12)17-14(19)18-13(20)9-15(21)6-2-3-7-15/h4-5,8,21H,2-3,6-7,9H2,1H3,(H,17,18,20). The van der Waals surface area contributed by atoms with Gasteiger partial charge >= 0.3 is 0 Å². The number of carbonyl (C=O) groups is 1. The third kappa shape index (κ3) is 2.89. The summed E-state index contributed by atoms with van der Waals surface area (Å²) in [4.78, 5) is 16.5. The van der Waals surface area contributed by atoms with Crippen LogP contribution < -0.4 is 5.32 Å². The molecule has 1 amide bonds. The Kier molecular flexibility index (Phi) is 3.63. The van der Waals surface area contributed by atoms with Gasteiger partial charge in [0, 0.05) is 12.1 Å². The minimum absolute atomic E-state index is 0.122. The van der Waals surface area contributed by atoms with E-state index in [1.165, 1.54) is 0 Å². The molecule has 0 unspecified atom stereocenters. The Morgan fingerprint density at radius 2 is 2.19 bits per heavy atom. The maximum absolute atomic E-state index is 12.1. The zero-order valence-corrected chi connectivity index (χ0v) is 12.7. The molecule has 2 N–H and O–H groups in total. The second kappa shape index (κ2) is 5.31. The van der Waals surface area contributed by atoms with Crippen LogP contribution in [0.25, 0.3) is 11.0 Å². The van der Waals surface area contributed by atoms with Crippen LogP contribution in [0.15, 0.2) is 18.2 Å². The molecule has 1 aliphatic carbocycles. The smallest absolute Gasteiger partial charge is 0.229 e. The molecule has 21 heavy (non-hydrogen) atoms. The number of hydrogen-bond donors (Lipinski definition) is 2. The van der Waals surface area contributed by atoms with Gasteiger partial charge < -0.3 is 9.67 Å². The number of imidazole rings is 1. The maximum atomic E-state index is 12.1. The summed E-state index contributed by atoms with van der Waals surface area (Å²) < 4.78 is 1.81. The van der Waals surface area contributed by atoms with Gasteiger partial charge in [0.2, 0.25) is 11.9 Å². The van der Waals surface area contributed by atoms with Crippen LogP contribution in [0, 0.1) is 0 Å². The number of rotatable bonds is 3. The number of fused-ring (bicyclic) bond motifs is 1. The van der Waals surface area contributed by atoms with Gasteiger partial charge in [-0.25, -0.2) is 4.98 Å². The molecule has 1 aliphatic rings. The first-order chi connectivity index (χ1) is 9.97. The largest absolute Gasteiger partial charge is 0.389 e. The molecule has 112 valence electrons. The van der Waals surface area contributed by atoms with Crippen LogP contribution in [0.3, 0.4) is 0 Å². The zero-order valence-electron chi connectivity index (χ0n) is 11.9. The van der Waals surface area contributed by atoms with Crippen molar-refractivity contribution in [1.82, 2.24) is 9.55 Å². The quantitative estimate of drug-likeness (QED) is 0.916. The van der Waals surface area contributed by atoms with Crippen molar-refractivity contribution in [3.63, 3.8) is 0 Å². The van der Waals surface area contributed by atoms with Crippen molar-refractivity contribution in [3.05, 3.63) is 23.2 Å². The highest BCUT2D eigenvalue weighted by molar-refractivity contribution is 6.31. The highest BCUT2D eigenvalue weighted by Crippen LogP contribution is 2.32. The van der Waals surface area contributed by atoms with E-state index in [1.54, 1.807) is 12.1 Å². The fourth-order valence-corrected chi connectivity index (χ4v) is 3.13. The summed E-state index contributed by atoms with van der Waals surface area (Å²) in [5.74, 6) is 0.266. The summed E-state index contributed by atoms with van der Waals surface area (Å²) in [5.41, 5.74) is 0.784.